The second-order valence-corrected chi connectivity index (χ2v) is 9.44. The highest BCUT2D eigenvalue weighted by Gasteiger charge is 2.33. The molecule has 0 aliphatic carbocycles. The van der Waals surface area contributed by atoms with Crippen LogP contribution in [0.3, 0.4) is 0 Å². The zero-order valence-electron chi connectivity index (χ0n) is 19.9. The maximum Gasteiger partial charge on any atom is 0.262 e. The van der Waals surface area contributed by atoms with E-state index < -0.39 is 5.25 Å². The lowest BCUT2D eigenvalue weighted by Crippen LogP contribution is -2.26. The molecule has 1 unspecified atom stereocenters. The van der Waals surface area contributed by atoms with Crippen LogP contribution in [0, 0.1) is 0 Å². The minimum atomic E-state index is -0.499. The van der Waals surface area contributed by atoms with Crippen LogP contribution in [0.15, 0.2) is 47.5 Å². The SMILES string of the molecule is COc1ccc(N(C)C(=O)c2ccc(NC(=O)CC3SC(N4CCCC4)=NC3=O)cc2)cc1OC. The maximum absolute atomic E-state index is 12.9. The van der Waals surface area contributed by atoms with Crippen LogP contribution in [0.25, 0.3) is 0 Å². The van der Waals surface area contributed by atoms with Crippen LogP contribution >= 0.6 is 11.8 Å². The molecule has 3 amide bonds. The molecule has 0 bridgehead atoms. The number of ether oxygens (including phenoxy) is 2. The van der Waals surface area contributed by atoms with Gasteiger partial charge in [-0.2, -0.15) is 4.99 Å². The molecule has 0 spiro atoms. The van der Waals surface area contributed by atoms with E-state index in [1.807, 2.05) is 0 Å². The van der Waals surface area contributed by atoms with Crippen molar-refractivity contribution in [2.24, 2.45) is 4.99 Å². The number of carbonyl (C=O) groups is 3. The van der Waals surface area contributed by atoms with Crippen molar-refractivity contribution in [1.29, 1.82) is 0 Å². The molecule has 9 nitrogen and oxygen atoms in total. The van der Waals surface area contributed by atoms with Gasteiger partial charge in [0.15, 0.2) is 16.7 Å². The van der Waals surface area contributed by atoms with Crippen LogP contribution in [0.2, 0.25) is 0 Å². The van der Waals surface area contributed by atoms with E-state index in [2.05, 4.69) is 15.2 Å². The molecule has 1 saturated heterocycles. The maximum atomic E-state index is 12.9. The van der Waals surface area contributed by atoms with Crippen molar-refractivity contribution < 1.29 is 23.9 Å². The van der Waals surface area contributed by atoms with E-state index in [1.165, 1.54) is 23.8 Å². The molecule has 2 aromatic rings. The normalized spacial score (nSPS) is 17.2. The third kappa shape index (κ3) is 5.59. The van der Waals surface area contributed by atoms with Gasteiger partial charge in [-0.1, -0.05) is 11.8 Å². The molecule has 1 N–H and O–H groups in total. The van der Waals surface area contributed by atoms with Gasteiger partial charge in [-0.3, -0.25) is 14.4 Å². The van der Waals surface area contributed by atoms with Gasteiger partial charge in [-0.15, -0.1) is 0 Å². The Morgan fingerprint density at radius 3 is 2.43 bits per heavy atom. The van der Waals surface area contributed by atoms with Crippen molar-refractivity contribution >= 4 is 46.0 Å². The zero-order chi connectivity index (χ0) is 24.9. The number of amides is 3. The van der Waals surface area contributed by atoms with Gasteiger partial charge in [0.05, 0.1) is 14.2 Å². The fourth-order valence-electron chi connectivity index (χ4n) is 3.97. The lowest BCUT2D eigenvalue weighted by molar-refractivity contribution is -0.121. The number of amidine groups is 1. The average Bonchev–Trinajstić information content (AvgIpc) is 3.53. The smallest absolute Gasteiger partial charge is 0.262 e. The topological polar surface area (TPSA) is 101 Å². The summed E-state index contributed by atoms with van der Waals surface area (Å²) in [6.45, 7) is 1.81. The van der Waals surface area contributed by atoms with E-state index in [4.69, 9.17) is 9.47 Å². The molecule has 2 aliphatic rings. The van der Waals surface area contributed by atoms with Crippen LogP contribution in [0.5, 0.6) is 11.5 Å². The minimum Gasteiger partial charge on any atom is -0.493 e. The van der Waals surface area contributed by atoms with Crippen molar-refractivity contribution in [3.8, 4) is 11.5 Å². The van der Waals surface area contributed by atoms with Gasteiger partial charge in [0.1, 0.15) is 5.25 Å². The quantitative estimate of drug-likeness (QED) is 0.627. The number of hydrogen-bond acceptors (Lipinski definition) is 7. The van der Waals surface area contributed by atoms with Crippen LogP contribution in [-0.4, -0.2) is 67.4 Å². The molecule has 0 saturated carbocycles. The summed E-state index contributed by atoms with van der Waals surface area (Å²) < 4.78 is 10.6. The standard InChI is InChI=1S/C25H28N4O5S/c1-28(18-10-11-19(33-2)20(14-18)34-3)24(32)16-6-8-17(9-7-16)26-22(30)15-21-23(31)27-25(35-21)29-12-4-5-13-29/h6-11,14,21H,4-5,12-13,15H2,1-3H3,(H,26,30). The first-order valence-electron chi connectivity index (χ1n) is 11.3. The van der Waals surface area contributed by atoms with Gasteiger partial charge in [-0.25, -0.2) is 0 Å². The van der Waals surface area contributed by atoms with E-state index in [0.29, 0.717) is 28.4 Å². The van der Waals surface area contributed by atoms with E-state index in [9.17, 15) is 14.4 Å². The highest BCUT2D eigenvalue weighted by molar-refractivity contribution is 8.15. The van der Waals surface area contributed by atoms with Crippen LogP contribution in [0.4, 0.5) is 11.4 Å². The molecule has 0 aromatic heterocycles. The largest absolute Gasteiger partial charge is 0.493 e. The fraction of sp³-hybridized carbons (Fsp3) is 0.360. The van der Waals surface area contributed by atoms with Gasteiger partial charge in [-0.05, 0) is 49.2 Å². The predicted octanol–water partition coefficient (Wildman–Crippen LogP) is 3.40. The molecule has 2 aliphatic heterocycles. The lowest BCUT2D eigenvalue weighted by atomic mass is 10.1. The number of hydrogen-bond donors (Lipinski definition) is 1. The van der Waals surface area contributed by atoms with Crippen molar-refractivity contribution in [1.82, 2.24) is 4.90 Å². The second-order valence-electron chi connectivity index (χ2n) is 8.27. The Kier molecular flexibility index (Phi) is 7.60. The minimum absolute atomic E-state index is 0.0487. The number of benzene rings is 2. The number of nitrogens with one attached hydrogen (secondary N) is 1. The van der Waals surface area contributed by atoms with E-state index >= 15 is 0 Å². The zero-order valence-corrected chi connectivity index (χ0v) is 20.8. The third-order valence-electron chi connectivity index (χ3n) is 5.95. The van der Waals surface area contributed by atoms with Crippen molar-refractivity contribution in [2.45, 2.75) is 24.5 Å². The summed E-state index contributed by atoms with van der Waals surface area (Å²) in [4.78, 5) is 45.5. The summed E-state index contributed by atoms with van der Waals surface area (Å²) in [7, 11) is 4.77. The van der Waals surface area contributed by atoms with Crippen LogP contribution in [-0.2, 0) is 9.59 Å². The molecule has 2 heterocycles. The first-order valence-corrected chi connectivity index (χ1v) is 12.2. The molecular formula is C25H28N4O5S. The molecule has 184 valence electrons. The highest BCUT2D eigenvalue weighted by atomic mass is 32.2. The summed E-state index contributed by atoms with van der Waals surface area (Å²) in [6.07, 6.45) is 2.25. The molecule has 35 heavy (non-hydrogen) atoms. The second kappa shape index (κ2) is 10.8. The first kappa shape index (κ1) is 24.6. The molecule has 1 atom stereocenters. The Morgan fingerprint density at radius 2 is 1.77 bits per heavy atom. The van der Waals surface area contributed by atoms with Crippen molar-refractivity contribution in [2.75, 3.05) is 44.6 Å². The summed E-state index contributed by atoms with van der Waals surface area (Å²) in [5.74, 6) is 0.365. The van der Waals surface area contributed by atoms with E-state index in [1.54, 1.807) is 56.6 Å². The van der Waals surface area contributed by atoms with E-state index in [-0.39, 0.29) is 24.1 Å². The number of nitrogens with zero attached hydrogens (tertiary/aromatic N) is 3. The number of rotatable bonds is 7. The third-order valence-corrected chi connectivity index (χ3v) is 7.16. The Labute approximate surface area is 208 Å². The van der Waals surface area contributed by atoms with Gasteiger partial charge in [0.2, 0.25) is 5.91 Å². The fourth-order valence-corrected chi connectivity index (χ4v) is 5.09. The monoisotopic (exact) mass is 496 g/mol. The molecule has 1 fully saturated rings. The number of carbonyl (C=O) groups excluding carboxylic acids is 3. The lowest BCUT2D eigenvalue weighted by Gasteiger charge is -2.19. The molecular weight excluding hydrogens is 468 g/mol. The number of aliphatic imine (C=N–C) groups is 1. The van der Waals surface area contributed by atoms with Gasteiger partial charge < -0.3 is 24.6 Å². The Hall–Kier alpha value is -3.53. The van der Waals surface area contributed by atoms with Crippen molar-refractivity contribution in [3.63, 3.8) is 0 Å². The summed E-state index contributed by atoms with van der Waals surface area (Å²) in [6, 6.07) is 11.9. The molecule has 4 rings (SSSR count). The van der Waals surface area contributed by atoms with Crippen LogP contribution in [0.1, 0.15) is 29.6 Å². The van der Waals surface area contributed by atoms with Crippen molar-refractivity contribution in [3.05, 3.63) is 48.0 Å². The van der Waals surface area contributed by atoms with Gasteiger partial charge >= 0.3 is 0 Å². The predicted molar refractivity (Wildman–Crippen MR) is 137 cm³/mol. The molecule has 10 heteroatoms. The van der Waals surface area contributed by atoms with E-state index in [0.717, 1.165) is 31.1 Å². The highest BCUT2D eigenvalue weighted by Crippen LogP contribution is 2.32. The van der Waals surface area contributed by atoms with Gasteiger partial charge in [0, 0.05) is 49.6 Å². The first-order chi connectivity index (χ1) is 16.9. The summed E-state index contributed by atoms with van der Waals surface area (Å²) in [5.41, 5.74) is 1.67. The number of thioether (sulfide) groups is 1. The average molecular weight is 497 g/mol. The Bertz CT molecular complexity index is 1150. The number of anilines is 2. The Balaban J connectivity index is 1.33. The molecule has 0 radical (unpaired) electrons. The van der Waals surface area contributed by atoms with Gasteiger partial charge in [0.25, 0.3) is 11.8 Å². The summed E-state index contributed by atoms with van der Waals surface area (Å²) in [5, 5.41) is 3.03. The number of methoxy groups -OCH3 is 2. The van der Waals surface area contributed by atoms with Crippen LogP contribution < -0.4 is 19.7 Å². The molecule has 2 aromatic carbocycles. The Morgan fingerprint density at radius 1 is 1.09 bits per heavy atom. The summed E-state index contributed by atoms with van der Waals surface area (Å²) >= 11 is 1.37. The number of likely N-dealkylation sites (tertiary alicyclic amines) is 1.